The van der Waals surface area contributed by atoms with Crippen LogP contribution >= 0.6 is 0 Å². The van der Waals surface area contributed by atoms with Crippen molar-refractivity contribution in [1.29, 1.82) is 0 Å². The minimum absolute atomic E-state index is 0.0256. The first-order chi connectivity index (χ1) is 18.3. The molecular weight excluding hydrogens is 514 g/mol. The van der Waals surface area contributed by atoms with Gasteiger partial charge in [0.2, 0.25) is 6.41 Å². The number of alkyl halides is 2. The van der Waals surface area contributed by atoms with Crippen LogP contribution in [0.4, 0.5) is 23.2 Å². The van der Waals surface area contributed by atoms with E-state index in [1.165, 1.54) is 48.1 Å². The molecule has 0 unspecified atom stereocenters. The van der Waals surface area contributed by atoms with E-state index < -0.39 is 34.7 Å². The van der Waals surface area contributed by atoms with Crippen molar-refractivity contribution in [1.82, 2.24) is 19.4 Å². The number of fused-ring (bicyclic) bond motifs is 1. The Labute approximate surface area is 221 Å². The van der Waals surface area contributed by atoms with Crippen LogP contribution in [0.1, 0.15) is 37.2 Å². The number of carbonyl (C=O) groups is 1. The number of carbonyl (C=O) groups excluding carboxylic acids is 1. The molecule has 0 aliphatic heterocycles. The molecule has 4 aromatic rings. The van der Waals surface area contributed by atoms with Gasteiger partial charge in [0.15, 0.2) is 5.82 Å². The van der Waals surface area contributed by atoms with E-state index in [9.17, 15) is 27.2 Å². The summed E-state index contributed by atoms with van der Waals surface area (Å²) in [6.45, 7) is 7.06. The zero-order valence-corrected chi connectivity index (χ0v) is 21.6. The second kappa shape index (κ2) is 10.3. The smallest absolute Gasteiger partial charge is 0.265 e. The first-order valence-electron chi connectivity index (χ1n) is 11.7. The minimum atomic E-state index is -2.95. The average molecular weight is 540 g/mol. The molecular formula is C28H25F4N5O2. The fraction of sp³-hybridized carbons (Fsp3) is 0.214. The van der Waals surface area contributed by atoms with Gasteiger partial charge in [-0.3, -0.25) is 9.59 Å². The third-order valence-corrected chi connectivity index (χ3v) is 6.48. The summed E-state index contributed by atoms with van der Waals surface area (Å²) in [6.07, 6.45) is 0.547. The highest BCUT2D eigenvalue weighted by molar-refractivity contribution is 5.89. The number of anilines is 1. The van der Waals surface area contributed by atoms with E-state index in [4.69, 9.17) is 0 Å². The van der Waals surface area contributed by atoms with Crippen LogP contribution in [0.15, 0.2) is 60.2 Å². The van der Waals surface area contributed by atoms with E-state index in [0.717, 1.165) is 18.2 Å². The zero-order valence-electron chi connectivity index (χ0n) is 21.6. The summed E-state index contributed by atoms with van der Waals surface area (Å²) in [4.78, 5) is 34.1. The number of amides is 1. The van der Waals surface area contributed by atoms with Crippen LogP contribution < -0.4 is 10.9 Å². The van der Waals surface area contributed by atoms with Crippen LogP contribution in [-0.4, -0.2) is 32.9 Å². The lowest BCUT2D eigenvalue weighted by Crippen LogP contribution is -2.30. The van der Waals surface area contributed by atoms with E-state index in [0.29, 0.717) is 28.6 Å². The maximum atomic E-state index is 14.8. The van der Waals surface area contributed by atoms with Gasteiger partial charge in [-0.1, -0.05) is 6.58 Å². The number of hydrogen-bond acceptors (Lipinski definition) is 5. The molecule has 39 heavy (non-hydrogen) atoms. The van der Waals surface area contributed by atoms with Gasteiger partial charge in [0, 0.05) is 43.3 Å². The van der Waals surface area contributed by atoms with E-state index in [-0.39, 0.29) is 22.6 Å². The van der Waals surface area contributed by atoms with Crippen LogP contribution in [-0.2, 0) is 17.4 Å². The van der Waals surface area contributed by atoms with Crippen LogP contribution in [0.3, 0.4) is 0 Å². The predicted molar refractivity (Wildman–Crippen MR) is 141 cm³/mol. The third-order valence-electron chi connectivity index (χ3n) is 6.48. The summed E-state index contributed by atoms with van der Waals surface area (Å²) in [5.41, 5.74) is -0.778. The van der Waals surface area contributed by atoms with Gasteiger partial charge < -0.3 is 14.8 Å². The maximum absolute atomic E-state index is 14.8. The van der Waals surface area contributed by atoms with Crippen LogP contribution in [0.25, 0.3) is 27.7 Å². The molecule has 0 saturated heterocycles. The topological polar surface area (TPSA) is 80.1 Å². The number of nitrogens with zero attached hydrogens (tertiary/aromatic N) is 4. The van der Waals surface area contributed by atoms with E-state index in [1.54, 1.807) is 19.9 Å². The Morgan fingerprint density at radius 1 is 1.08 bits per heavy atom. The Morgan fingerprint density at radius 3 is 2.36 bits per heavy atom. The minimum Gasteiger partial charge on any atom is -0.376 e. The molecule has 2 aromatic carbocycles. The molecule has 1 N–H and O–H groups in total. The molecule has 2 heterocycles. The summed E-state index contributed by atoms with van der Waals surface area (Å²) in [5.74, 6) is -1.29. The fourth-order valence-electron chi connectivity index (χ4n) is 4.33. The molecule has 0 aliphatic rings. The summed E-state index contributed by atoms with van der Waals surface area (Å²) in [6, 6.07) is 6.99. The largest absolute Gasteiger partial charge is 0.376 e. The molecule has 2 aromatic heterocycles. The van der Waals surface area contributed by atoms with E-state index in [2.05, 4.69) is 21.9 Å². The Kier molecular flexibility index (Phi) is 7.27. The SMILES string of the molecule is C=C(c1ncc(-c2cc3c(C(C)(C)Nc4ccc(F)cc4C(F)F)cc(F)cc3c(=O)n2C)cn1)N(C)C=O. The van der Waals surface area contributed by atoms with E-state index >= 15 is 0 Å². The van der Waals surface area contributed by atoms with Crippen LogP contribution in [0, 0.1) is 11.6 Å². The molecule has 11 heteroatoms. The van der Waals surface area contributed by atoms with Gasteiger partial charge in [-0.05, 0) is 61.2 Å². The molecule has 0 radical (unpaired) electrons. The first kappa shape index (κ1) is 27.5. The van der Waals surface area contributed by atoms with Gasteiger partial charge in [0.1, 0.15) is 11.6 Å². The normalized spacial score (nSPS) is 11.6. The van der Waals surface area contributed by atoms with Crippen molar-refractivity contribution in [3.8, 4) is 11.3 Å². The lowest BCUT2D eigenvalue weighted by Gasteiger charge is -2.31. The molecule has 202 valence electrons. The fourth-order valence-corrected chi connectivity index (χ4v) is 4.33. The molecule has 1 amide bonds. The van der Waals surface area contributed by atoms with Crippen LogP contribution in [0.5, 0.6) is 0 Å². The molecule has 0 aliphatic carbocycles. The standard InChI is InChI=1S/C28H25F4N5O2/c1-15(36(4)14-38)26-33-12-16(13-34-26)24-11-19-20(27(39)37(24)5)9-18(30)10-22(19)28(2,3)35-23-7-6-17(29)8-21(23)25(31)32/h6-14,25,35H,1H2,2-5H3. The van der Waals surface area contributed by atoms with Gasteiger partial charge >= 0.3 is 0 Å². The van der Waals surface area contributed by atoms with Crippen LogP contribution in [0.2, 0.25) is 0 Å². The summed E-state index contributed by atoms with van der Waals surface area (Å²) in [5, 5.41) is 3.43. The summed E-state index contributed by atoms with van der Waals surface area (Å²) >= 11 is 0. The second-order valence-corrected chi connectivity index (χ2v) is 9.55. The van der Waals surface area contributed by atoms with Crippen molar-refractivity contribution in [2.24, 2.45) is 7.05 Å². The van der Waals surface area contributed by atoms with Crippen molar-refractivity contribution >= 4 is 28.6 Å². The number of benzene rings is 2. The number of pyridine rings is 1. The zero-order chi connectivity index (χ0) is 28.6. The molecule has 0 fully saturated rings. The van der Waals surface area contributed by atoms with Crippen molar-refractivity contribution < 1.29 is 22.4 Å². The van der Waals surface area contributed by atoms with Crippen molar-refractivity contribution in [2.45, 2.75) is 25.8 Å². The Balaban J connectivity index is 1.87. The number of rotatable bonds is 8. The van der Waals surface area contributed by atoms with Crippen molar-refractivity contribution in [3.05, 3.63) is 94.3 Å². The molecule has 7 nitrogen and oxygen atoms in total. The summed E-state index contributed by atoms with van der Waals surface area (Å²) in [7, 11) is 3.03. The highest BCUT2D eigenvalue weighted by Crippen LogP contribution is 2.36. The first-order valence-corrected chi connectivity index (χ1v) is 11.7. The Morgan fingerprint density at radius 2 is 1.74 bits per heavy atom. The lowest BCUT2D eigenvalue weighted by atomic mass is 9.88. The second-order valence-electron chi connectivity index (χ2n) is 9.55. The van der Waals surface area contributed by atoms with Gasteiger partial charge in [-0.15, -0.1) is 0 Å². The predicted octanol–water partition coefficient (Wildman–Crippen LogP) is 5.62. The number of hydrogen-bond donors (Lipinski definition) is 1. The van der Waals surface area contributed by atoms with Crippen molar-refractivity contribution in [2.75, 3.05) is 12.4 Å². The van der Waals surface area contributed by atoms with E-state index in [1.807, 2.05) is 0 Å². The van der Waals surface area contributed by atoms with Gasteiger partial charge in [-0.25, -0.2) is 27.5 Å². The average Bonchev–Trinajstić information content (AvgIpc) is 2.90. The van der Waals surface area contributed by atoms with Gasteiger partial charge in [0.25, 0.3) is 12.0 Å². The van der Waals surface area contributed by atoms with Gasteiger partial charge in [-0.2, -0.15) is 0 Å². The monoisotopic (exact) mass is 539 g/mol. The molecule has 0 bridgehead atoms. The summed E-state index contributed by atoms with van der Waals surface area (Å²) < 4.78 is 57.0. The number of halogens is 4. The lowest BCUT2D eigenvalue weighted by molar-refractivity contribution is -0.114. The number of aromatic nitrogens is 3. The van der Waals surface area contributed by atoms with Crippen molar-refractivity contribution in [3.63, 3.8) is 0 Å². The quantitative estimate of drug-likeness (QED) is 0.232. The molecule has 4 rings (SSSR count). The molecule has 0 spiro atoms. The maximum Gasteiger partial charge on any atom is 0.265 e. The molecule has 0 saturated carbocycles. The highest BCUT2D eigenvalue weighted by Gasteiger charge is 2.28. The Hall–Kier alpha value is -4.54. The highest BCUT2D eigenvalue weighted by atomic mass is 19.3. The third kappa shape index (κ3) is 5.25. The molecule has 0 atom stereocenters. The number of nitrogens with one attached hydrogen (secondary N) is 1. The Bertz CT molecular complexity index is 1650. The van der Waals surface area contributed by atoms with Gasteiger partial charge in [0.05, 0.1) is 22.3 Å².